The smallest absolute Gasteiger partial charge is 0.257 e. The molecule has 1 aromatic heterocycles. The van der Waals surface area contributed by atoms with E-state index in [-0.39, 0.29) is 30.9 Å². The molecule has 1 saturated heterocycles. The Morgan fingerprint density at radius 2 is 2.24 bits per heavy atom. The van der Waals surface area contributed by atoms with Gasteiger partial charge in [-0.1, -0.05) is 17.3 Å². The molecule has 2 heterocycles. The quantitative estimate of drug-likeness (QED) is 0.929. The lowest BCUT2D eigenvalue weighted by Gasteiger charge is -2.19. The minimum atomic E-state index is -0.420. The van der Waals surface area contributed by atoms with E-state index in [0.29, 0.717) is 24.9 Å². The van der Waals surface area contributed by atoms with Gasteiger partial charge in [-0.15, -0.1) is 12.4 Å². The molecule has 1 aliphatic rings. The van der Waals surface area contributed by atoms with E-state index in [1.807, 2.05) is 0 Å². The maximum absolute atomic E-state index is 13.4. The summed E-state index contributed by atoms with van der Waals surface area (Å²) in [4.78, 5) is 4.19. The standard InChI is InChI=1S/C13H14FN3O3.ClH/c14-9-3-1-2-4-10(9)19-8-12-16-13(20-17-12)11-7-15-5-6-18-11;/h1-4,11,15H,5-8H2;1H/t11-;/m1./s1. The van der Waals surface area contributed by atoms with Crippen LogP contribution in [-0.2, 0) is 11.3 Å². The Hall–Kier alpha value is -1.70. The number of benzene rings is 1. The number of rotatable bonds is 4. The first kappa shape index (κ1) is 15.7. The summed E-state index contributed by atoms with van der Waals surface area (Å²) in [5.74, 6) is 0.507. The summed E-state index contributed by atoms with van der Waals surface area (Å²) in [6.45, 7) is 2.10. The molecule has 0 amide bonds. The normalized spacial score (nSPS) is 18.0. The van der Waals surface area contributed by atoms with E-state index in [9.17, 15) is 4.39 Å². The highest BCUT2D eigenvalue weighted by Crippen LogP contribution is 2.19. The highest BCUT2D eigenvalue weighted by molar-refractivity contribution is 5.85. The Labute approximate surface area is 127 Å². The van der Waals surface area contributed by atoms with Gasteiger partial charge >= 0.3 is 0 Å². The molecule has 2 aromatic rings. The van der Waals surface area contributed by atoms with Crippen LogP contribution in [0, 0.1) is 5.82 Å². The maximum atomic E-state index is 13.4. The molecule has 1 aliphatic heterocycles. The van der Waals surface area contributed by atoms with Crippen molar-refractivity contribution in [1.82, 2.24) is 15.5 Å². The van der Waals surface area contributed by atoms with Crippen LogP contribution in [0.25, 0.3) is 0 Å². The summed E-state index contributed by atoms with van der Waals surface area (Å²) < 4.78 is 29.3. The zero-order valence-corrected chi connectivity index (χ0v) is 11.9. The highest BCUT2D eigenvalue weighted by atomic mass is 35.5. The van der Waals surface area contributed by atoms with E-state index in [1.54, 1.807) is 18.2 Å². The van der Waals surface area contributed by atoms with Crippen LogP contribution in [0.4, 0.5) is 4.39 Å². The van der Waals surface area contributed by atoms with Crippen LogP contribution in [0.2, 0.25) is 0 Å². The van der Waals surface area contributed by atoms with Gasteiger partial charge in [0.15, 0.2) is 18.2 Å². The second kappa shape index (κ2) is 7.35. The fraction of sp³-hybridized carbons (Fsp3) is 0.385. The topological polar surface area (TPSA) is 69.4 Å². The van der Waals surface area contributed by atoms with Crippen molar-refractivity contribution in [1.29, 1.82) is 0 Å². The average Bonchev–Trinajstić information content (AvgIpc) is 2.96. The average molecular weight is 316 g/mol. The summed E-state index contributed by atoms with van der Waals surface area (Å²) in [5, 5.41) is 6.97. The summed E-state index contributed by atoms with van der Waals surface area (Å²) in [6, 6.07) is 6.17. The number of nitrogens with zero attached hydrogens (tertiary/aromatic N) is 2. The molecule has 0 aliphatic carbocycles. The number of morpholine rings is 1. The molecule has 1 aromatic carbocycles. The number of para-hydroxylation sites is 1. The molecular formula is C13H15ClFN3O3. The number of hydrogen-bond acceptors (Lipinski definition) is 6. The van der Waals surface area contributed by atoms with Gasteiger partial charge in [0.1, 0.15) is 6.10 Å². The molecule has 21 heavy (non-hydrogen) atoms. The summed E-state index contributed by atoms with van der Waals surface area (Å²) >= 11 is 0. The molecule has 6 nitrogen and oxygen atoms in total. The van der Waals surface area contributed by atoms with Gasteiger partial charge < -0.3 is 19.3 Å². The lowest BCUT2D eigenvalue weighted by Crippen LogP contribution is -2.33. The highest BCUT2D eigenvalue weighted by Gasteiger charge is 2.22. The number of hydrogen-bond donors (Lipinski definition) is 1. The van der Waals surface area contributed by atoms with Crippen molar-refractivity contribution in [2.24, 2.45) is 0 Å². The van der Waals surface area contributed by atoms with Crippen LogP contribution in [0.5, 0.6) is 5.75 Å². The fourth-order valence-electron chi connectivity index (χ4n) is 1.89. The van der Waals surface area contributed by atoms with Gasteiger partial charge in [-0.05, 0) is 12.1 Å². The van der Waals surface area contributed by atoms with Crippen molar-refractivity contribution in [3.05, 3.63) is 41.8 Å². The van der Waals surface area contributed by atoms with Gasteiger partial charge in [0.05, 0.1) is 6.61 Å². The Bertz CT molecular complexity index is 575. The van der Waals surface area contributed by atoms with Crippen molar-refractivity contribution in [2.75, 3.05) is 19.7 Å². The monoisotopic (exact) mass is 315 g/mol. The zero-order chi connectivity index (χ0) is 13.8. The summed E-state index contributed by atoms with van der Waals surface area (Å²) in [5.41, 5.74) is 0. The Balaban J connectivity index is 0.00000161. The van der Waals surface area contributed by atoms with Crippen molar-refractivity contribution in [3.8, 4) is 5.75 Å². The second-order valence-corrected chi connectivity index (χ2v) is 4.33. The SMILES string of the molecule is Cl.Fc1ccccc1OCc1noc([C@H]2CNCCO2)n1. The number of nitrogens with one attached hydrogen (secondary N) is 1. The molecule has 0 unspecified atom stereocenters. The molecule has 1 fully saturated rings. The van der Waals surface area contributed by atoms with Crippen molar-refractivity contribution >= 4 is 12.4 Å². The summed E-state index contributed by atoms with van der Waals surface area (Å²) in [7, 11) is 0. The van der Waals surface area contributed by atoms with Crippen LogP contribution < -0.4 is 10.1 Å². The Morgan fingerprint density at radius 3 is 3.00 bits per heavy atom. The van der Waals surface area contributed by atoms with E-state index < -0.39 is 5.82 Å². The van der Waals surface area contributed by atoms with E-state index >= 15 is 0 Å². The number of ether oxygens (including phenoxy) is 2. The molecular weight excluding hydrogens is 301 g/mol. The van der Waals surface area contributed by atoms with E-state index in [1.165, 1.54) is 6.07 Å². The van der Waals surface area contributed by atoms with Crippen LogP contribution in [-0.4, -0.2) is 29.8 Å². The minimum absolute atomic E-state index is 0. The zero-order valence-electron chi connectivity index (χ0n) is 11.1. The van der Waals surface area contributed by atoms with Gasteiger partial charge in [0, 0.05) is 13.1 Å². The lowest BCUT2D eigenvalue weighted by atomic mass is 10.3. The fourth-order valence-corrected chi connectivity index (χ4v) is 1.89. The Morgan fingerprint density at radius 1 is 1.38 bits per heavy atom. The van der Waals surface area contributed by atoms with E-state index in [2.05, 4.69) is 15.5 Å². The van der Waals surface area contributed by atoms with Crippen molar-refractivity contribution in [2.45, 2.75) is 12.7 Å². The molecule has 0 bridgehead atoms. The molecule has 0 saturated carbocycles. The number of aromatic nitrogens is 2. The van der Waals surface area contributed by atoms with Crippen LogP contribution in [0.15, 0.2) is 28.8 Å². The largest absolute Gasteiger partial charge is 0.482 e. The maximum Gasteiger partial charge on any atom is 0.257 e. The molecule has 3 rings (SSSR count). The molecule has 1 atom stereocenters. The van der Waals surface area contributed by atoms with Crippen LogP contribution in [0.1, 0.15) is 17.8 Å². The Kier molecular flexibility index (Phi) is 5.49. The predicted octanol–water partition coefficient (Wildman–Crippen LogP) is 1.87. The van der Waals surface area contributed by atoms with Crippen molar-refractivity contribution < 1.29 is 18.4 Å². The van der Waals surface area contributed by atoms with E-state index in [4.69, 9.17) is 14.0 Å². The first-order valence-corrected chi connectivity index (χ1v) is 6.35. The first-order valence-electron chi connectivity index (χ1n) is 6.35. The molecule has 0 spiro atoms. The third-order valence-corrected chi connectivity index (χ3v) is 2.88. The van der Waals surface area contributed by atoms with Crippen LogP contribution in [0.3, 0.4) is 0 Å². The lowest BCUT2D eigenvalue weighted by molar-refractivity contribution is 0.00755. The number of halogens is 2. The summed E-state index contributed by atoms with van der Waals surface area (Å²) in [6.07, 6.45) is -0.238. The third-order valence-electron chi connectivity index (χ3n) is 2.88. The van der Waals surface area contributed by atoms with Gasteiger partial charge in [0.2, 0.25) is 5.82 Å². The van der Waals surface area contributed by atoms with Gasteiger partial charge in [0.25, 0.3) is 5.89 Å². The first-order chi connectivity index (χ1) is 9.83. The van der Waals surface area contributed by atoms with Crippen molar-refractivity contribution in [3.63, 3.8) is 0 Å². The molecule has 1 N–H and O–H groups in total. The van der Waals surface area contributed by atoms with Gasteiger partial charge in [-0.2, -0.15) is 4.98 Å². The minimum Gasteiger partial charge on any atom is -0.482 e. The second-order valence-electron chi connectivity index (χ2n) is 4.33. The molecule has 0 radical (unpaired) electrons. The predicted molar refractivity (Wildman–Crippen MR) is 73.8 cm³/mol. The van der Waals surface area contributed by atoms with Crippen LogP contribution >= 0.6 is 12.4 Å². The molecule has 8 heteroatoms. The van der Waals surface area contributed by atoms with Gasteiger partial charge in [-0.25, -0.2) is 4.39 Å². The molecule has 114 valence electrons. The van der Waals surface area contributed by atoms with Gasteiger partial charge in [-0.3, -0.25) is 0 Å². The third kappa shape index (κ3) is 3.90. The van der Waals surface area contributed by atoms with E-state index in [0.717, 1.165) is 6.54 Å².